The second kappa shape index (κ2) is 9.50. The van der Waals surface area contributed by atoms with Gasteiger partial charge in [0.1, 0.15) is 0 Å². The molecule has 0 saturated heterocycles. The van der Waals surface area contributed by atoms with Crippen molar-refractivity contribution in [1.82, 2.24) is 0 Å². The summed E-state index contributed by atoms with van der Waals surface area (Å²) in [5.41, 5.74) is 3.41. The van der Waals surface area contributed by atoms with Crippen molar-refractivity contribution in [3.05, 3.63) is 23.8 Å². The number of hydrogen-bond donors (Lipinski definition) is 1. The Morgan fingerprint density at radius 1 is 1.21 bits per heavy atom. The molecule has 2 fully saturated rings. The minimum absolute atomic E-state index is 0.0869. The van der Waals surface area contributed by atoms with E-state index in [4.69, 9.17) is 0 Å². The molecule has 6 unspecified atom stereocenters. The van der Waals surface area contributed by atoms with E-state index in [1.807, 2.05) is 0 Å². The van der Waals surface area contributed by atoms with E-state index in [1.165, 1.54) is 69.8 Å². The predicted octanol–water partition coefficient (Wildman–Crippen LogP) is 7.70. The van der Waals surface area contributed by atoms with Crippen molar-refractivity contribution in [2.45, 2.75) is 111 Å². The fourth-order valence-corrected chi connectivity index (χ4v) is 6.72. The molecular formula is C27H46O. The van der Waals surface area contributed by atoms with Gasteiger partial charge in [0.05, 0.1) is 6.10 Å². The van der Waals surface area contributed by atoms with Crippen LogP contribution in [0, 0.1) is 35.0 Å². The van der Waals surface area contributed by atoms with E-state index in [-0.39, 0.29) is 6.10 Å². The lowest BCUT2D eigenvalue weighted by Crippen LogP contribution is -2.42. The second-order valence-electron chi connectivity index (χ2n) is 11.1. The molecule has 1 heteroatoms. The average molecular weight is 387 g/mol. The van der Waals surface area contributed by atoms with E-state index in [0.29, 0.717) is 11.3 Å². The van der Waals surface area contributed by atoms with E-state index in [0.717, 1.165) is 36.5 Å². The lowest BCUT2D eigenvalue weighted by atomic mass is 9.55. The molecule has 0 radical (unpaired) electrons. The minimum Gasteiger partial charge on any atom is -0.393 e. The fourth-order valence-electron chi connectivity index (χ4n) is 6.72. The highest BCUT2D eigenvalue weighted by Gasteiger charge is 2.46. The van der Waals surface area contributed by atoms with Crippen LogP contribution in [0.3, 0.4) is 0 Å². The first-order valence-corrected chi connectivity index (χ1v) is 12.4. The van der Waals surface area contributed by atoms with Crippen molar-refractivity contribution >= 4 is 0 Å². The van der Waals surface area contributed by atoms with Crippen molar-refractivity contribution in [2.75, 3.05) is 0 Å². The molecule has 0 bridgehead atoms. The van der Waals surface area contributed by atoms with Crippen LogP contribution in [0.5, 0.6) is 0 Å². The van der Waals surface area contributed by atoms with Crippen LogP contribution in [0.25, 0.3) is 0 Å². The van der Waals surface area contributed by atoms with Crippen molar-refractivity contribution in [3.63, 3.8) is 0 Å². The van der Waals surface area contributed by atoms with Gasteiger partial charge in [-0.3, -0.25) is 0 Å². The Bertz CT molecular complexity index is 559. The summed E-state index contributed by atoms with van der Waals surface area (Å²) in [7, 11) is 0. The first-order chi connectivity index (χ1) is 13.3. The van der Waals surface area contributed by atoms with Crippen LogP contribution in [-0.4, -0.2) is 11.2 Å². The molecule has 0 amide bonds. The number of aliphatic hydroxyl groups excluding tert-OH is 1. The molecule has 0 aromatic rings. The summed E-state index contributed by atoms with van der Waals surface area (Å²) in [4.78, 5) is 0. The standard InChI is InChI=1S/C27H46O/c1-19(2)20(3)8-6-9-22-10-7-11-23-13-14-24-18-25(28)16-17-27(24,5)26(23)15-12-21(22)4/h14,19,21-23,25-26,28H,3,6-13,15-18H2,1-2,4-5H3. The molecule has 3 aliphatic rings. The van der Waals surface area contributed by atoms with Crippen molar-refractivity contribution in [2.24, 2.45) is 35.0 Å². The highest BCUT2D eigenvalue weighted by molar-refractivity contribution is 5.23. The Morgan fingerprint density at radius 2 is 2.00 bits per heavy atom. The van der Waals surface area contributed by atoms with Crippen LogP contribution in [-0.2, 0) is 0 Å². The quantitative estimate of drug-likeness (QED) is 0.480. The average Bonchev–Trinajstić information content (AvgIpc) is 2.72. The zero-order chi connectivity index (χ0) is 20.3. The van der Waals surface area contributed by atoms with Gasteiger partial charge in [0.15, 0.2) is 0 Å². The van der Waals surface area contributed by atoms with Crippen LogP contribution in [0.4, 0.5) is 0 Å². The van der Waals surface area contributed by atoms with Gasteiger partial charge in [0, 0.05) is 0 Å². The first-order valence-electron chi connectivity index (χ1n) is 12.4. The maximum atomic E-state index is 10.2. The third-order valence-electron chi connectivity index (χ3n) is 9.02. The third kappa shape index (κ3) is 4.94. The maximum absolute atomic E-state index is 10.2. The Balaban J connectivity index is 1.62. The topological polar surface area (TPSA) is 20.2 Å². The van der Waals surface area contributed by atoms with Crippen LogP contribution < -0.4 is 0 Å². The summed E-state index contributed by atoms with van der Waals surface area (Å²) < 4.78 is 0. The smallest absolute Gasteiger partial charge is 0.0577 e. The van der Waals surface area contributed by atoms with E-state index in [2.05, 4.69) is 40.3 Å². The van der Waals surface area contributed by atoms with Crippen LogP contribution in [0.15, 0.2) is 23.8 Å². The molecule has 28 heavy (non-hydrogen) atoms. The molecule has 0 aliphatic heterocycles. The van der Waals surface area contributed by atoms with Crippen molar-refractivity contribution < 1.29 is 5.11 Å². The zero-order valence-corrected chi connectivity index (χ0v) is 19.2. The van der Waals surface area contributed by atoms with Gasteiger partial charge in [-0.05, 0) is 92.8 Å². The molecule has 0 aromatic carbocycles. The minimum atomic E-state index is -0.0869. The lowest BCUT2D eigenvalue weighted by molar-refractivity contribution is 0.0429. The van der Waals surface area contributed by atoms with Gasteiger partial charge >= 0.3 is 0 Å². The first kappa shape index (κ1) is 22.1. The largest absolute Gasteiger partial charge is 0.393 e. The van der Waals surface area contributed by atoms with Gasteiger partial charge in [0.2, 0.25) is 0 Å². The normalized spacial score (nSPS) is 39.2. The molecule has 3 rings (SSSR count). The highest BCUT2D eigenvalue weighted by Crippen LogP contribution is 2.56. The Morgan fingerprint density at radius 3 is 2.75 bits per heavy atom. The van der Waals surface area contributed by atoms with Gasteiger partial charge in [-0.2, -0.15) is 0 Å². The van der Waals surface area contributed by atoms with E-state index in [1.54, 1.807) is 5.57 Å². The molecule has 3 aliphatic carbocycles. The number of allylic oxidation sites excluding steroid dienone is 2. The Kier molecular flexibility index (Phi) is 7.51. The third-order valence-corrected chi connectivity index (χ3v) is 9.02. The van der Waals surface area contributed by atoms with Crippen LogP contribution in [0.2, 0.25) is 0 Å². The zero-order valence-electron chi connectivity index (χ0n) is 19.2. The molecule has 0 spiro atoms. The summed E-state index contributed by atoms with van der Waals surface area (Å²) in [5.74, 6) is 4.14. The van der Waals surface area contributed by atoms with Crippen molar-refractivity contribution in [1.29, 1.82) is 0 Å². The maximum Gasteiger partial charge on any atom is 0.0577 e. The predicted molar refractivity (Wildman–Crippen MR) is 121 cm³/mol. The molecule has 1 N–H and O–H groups in total. The van der Waals surface area contributed by atoms with E-state index < -0.39 is 0 Å². The van der Waals surface area contributed by atoms with Gasteiger partial charge in [-0.25, -0.2) is 0 Å². The molecule has 2 saturated carbocycles. The number of hydrogen-bond acceptors (Lipinski definition) is 1. The Labute approximate surface area is 175 Å². The molecule has 0 aromatic heterocycles. The lowest BCUT2D eigenvalue weighted by Gasteiger charge is -2.50. The summed E-state index contributed by atoms with van der Waals surface area (Å²) in [6, 6.07) is 0. The second-order valence-corrected chi connectivity index (χ2v) is 11.1. The summed E-state index contributed by atoms with van der Waals surface area (Å²) in [6.45, 7) is 13.9. The molecule has 0 heterocycles. The number of fused-ring (bicyclic) bond motifs is 3. The Hall–Kier alpha value is -0.560. The van der Waals surface area contributed by atoms with Gasteiger partial charge in [0.25, 0.3) is 0 Å². The molecular weight excluding hydrogens is 340 g/mol. The van der Waals surface area contributed by atoms with Gasteiger partial charge < -0.3 is 5.11 Å². The monoisotopic (exact) mass is 386 g/mol. The number of rotatable bonds is 5. The summed E-state index contributed by atoms with van der Waals surface area (Å²) >= 11 is 0. The van der Waals surface area contributed by atoms with Crippen molar-refractivity contribution in [3.8, 4) is 0 Å². The van der Waals surface area contributed by atoms with Crippen LogP contribution >= 0.6 is 0 Å². The SMILES string of the molecule is C=C(CCCC1CCCC2CC=C3CC(O)CCC3(C)C2CCC1C)C(C)C. The van der Waals surface area contributed by atoms with E-state index >= 15 is 0 Å². The van der Waals surface area contributed by atoms with Gasteiger partial charge in [-0.1, -0.05) is 70.8 Å². The van der Waals surface area contributed by atoms with Crippen LogP contribution in [0.1, 0.15) is 105 Å². The molecule has 160 valence electrons. The van der Waals surface area contributed by atoms with E-state index in [9.17, 15) is 5.11 Å². The summed E-state index contributed by atoms with van der Waals surface area (Å²) in [6.07, 6.45) is 17.9. The summed E-state index contributed by atoms with van der Waals surface area (Å²) in [5, 5.41) is 10.2. The molecule has 1 nitrogen and oxygen atoms in total. The fraction of sp³-hybridized carbons (Fsp3) is 0.852. The molecule has 6 atom stereocenters. The highest BCUT2D eigenvalue weighted by atomic mass is 16.3. The number of aliphatic hydroxyl groups is 1. The van der Waals surface area contributed by atoms with Gasteiger partial charge in [-0.15, -0.1) is 0 Å².